The molecule has 0 radical (unpaired) electrons. The van der Waals surface area contributed by atoms with E-state index in [1.54, 1.807) is 32.3 Å². The smallest absolute Gasteiger partial charge is 0.342 e. The Labute approximate surface area is 115 Å². The summed E-state index contributed by atoms with van der Waals surface area (Å²) in [5.41, 5.74) is -0.531. The highest BCUT2D eigenvalue weighted by molar-refractivity contribution is 5.91. The molecule has 1 aromatic carbocycles. The molecule has 0 bridgehead atoms. The zero-order valence-electron chi connectivity index (χ0n) is 11.1. The first-order valence-electron chi connectivity index (χ1n) is 6.03. The average Bonchev–Trinajstić information content (AvgIpc) is 2.39. The second kappa shape index (κ2) is 5.28. The molecule has 0 amide bonds. The van der Waals surface area contributed by atoms with Crippen LogP contribution in [0.5, 0.6) is 5.75 Å². The van der Waals surface area contributed by atoms with E-state index in [9.17, 15) is 9.18 Å². The number of benzene rings is 1. The molecule has 20 heavy (non-hydrogen) atoms. The van der Waals surface area contributed by atoms with Gasteiger partial charge in [-0.1, -0.05) is 12.1 Å². The zero-order valence-corrected chi connectivity index (χ0v) is 11.1. The van der Waals surface area contributed by atoms with Crippen LogP contribution in [0.3, 0.4) is 0 Å². The number of pyridine rings is 1. The largest absolute Gasteiger partial charge is 0.482 e. The molecule has 0 unspecified atom stereocenters. The Morgan fingerprint density at radius 3 is 2.65 bits per heavy atom. The number of carbonyl (C=O) groups is 1. The highest BCUT2D eigenvalue weighted by atomic mass is 19.1. The molecule has 0 spiro atoms. The van der Waals surface area contributed by atoms with E-state index >= 15 is 0 Å². The summed E-state index contributed by atoms with van der Waals surface area (Å²) in [6.45, 7) is 3.53. The van der Waals surface area contributed by atoms with E-state index in [4.69, 9.17) is 9.84 Å². The normalized spacial score (nSPS) is 11.2. The summed E-state index contributed by atoms with van der Waals surface area (Å²) in [5, 5.41) is 9.08. The molecule has 1 N–H and O–H groups in total. The summed E-state index contributed by atoms with van der Waals surface area (Å²) in [4.78, 5) is 15.1. The quantitative estimate of drug-likeness (QED) is 0.930. The lowest BCUT2D eigenvalue weighted by atomic mass is 10.00. The molecule has 0 aliphatic carbocycles. The van der Waals surface area contributed by atoms with Crippen molar-refractivity contribution in [3.8, 4) is 5.75 Å². The van der Waals surface area contributed by atoms with Gasteiger partial charge in [0.2, 0.25) is 0 Å². The SMILES string of the molecule is CC(C)(Oc1cccc(F)c1C(=O)O)c1cccnc1. The Morgan fingerprint density at radius 2 is 2.05 bits per heavy atom. The minimum absolute atomic E-state index is 0.00801. The lowest BCUT2D eigenvalue weighted by Gasteiger charge is -2.27. The van der Waals surface area contributed by atoms with Crippen LogP contribution in [0, 0.1) is 5.82 Å². The lowest BCUT2D eigenvalue weighted by molar-refractivity contribution is 0.0665. The van der Waals surface area contributed by atoms with E-state index in [0.717, 1.165) is 11.6 Å². The van der Waals surface area contributed by atoms with Gasteiger partial charge >= 0.3 is 5.97 Å². The van der Waals surface area contributed by atoms with Crippen LogP contribution in [0.2, 0.25) is 0 Å². The van der Waals surface area contributed by atoms with E-state index < -0.39 is 23.0 Å². The molecule has 1 heterocycles. The Bertz CT molecular complexity index is 626. The summed E-state index contributed by atoms with van der Waals surface area (Å²) < 4.78 is 19.3. The van der Waals surface area contributed by atoms with E-state index in [-0.39, 0.29) is 5.75 Å². The third-order valence-corrected chi connectivity index (χ3v) is 2.91. The second-order valence-corrected chi connectivity index (χ2v) is 4.77. The molecule has 0 aliphatic heterocycles. The summed E-state index contributed by atoms with van der Waals surface area (Å²) in [6, 6.07) is 7.51. The van der Waals surface area contributed by atoms with Crippen molar-refractivity contribution in [2.75, 3.05) is 0 Å². The third kappa shape index (κ3) is 2.77. The van der Waals surface area contributed by atoms with E-state index in [0.29, 0.717) is 0 Å². The molecule has 0 atom stereocenters. The van der Waals surface area contributed by atoms with Crippen LogP contribution in [0.4, 0.5) is 4.39 Å². The van der Waals surface area contributed by atoms with Crippen molar-refractivity contribution in [2.24, 2.45) is 0 Å². The molecule has 2 aromatic rings. The summed E-state index contributed by atoms with van der Waals surface area (Å²) in [5.74, 6) is -2.19. The number of nitrogens with zero attached hydrogens (tertiary/aromatic N) is 1. The summed E-state index contributed by atoms with van der Waals surface area (Å²) in [7, 11) is 0. The maximum Gasteiger partial charge on any atom is 0.342 e. The number of carboxylic acids is 1. The van der Waals surface area contributed by atoms with Crippen LogP contribution in [-0.4, -0.2) is 16.1 Å². The molecule has 0 saturated heterocycles. The standard InChI is InChI=1S/C15H14FNO3/c1-15(2,10-5-4-8-17-9-10)20-12-7-3-6-11(16)13(12)14(18)19/h3-9H,1-2H3,(H,18,19). The van der Waals surface area contributed by atoms with Gasteiger partial charge in [-0.2, -0.15) is 0 Å². The minimum atomic E-state index is -1.36. The van der Waals surface area contributed by atoms with Gasteiger partial charge in [-0.15, -0.1) is 0 Å². The van der Waals surface area contributed by atoms with Crippen molar-refractivity contribution in [1.29, 1.82) is 0 Å². The van der Waals surface area contributed by atoms with Crippen LogP contribution in [0.15, 0.2) is 42.7 Å². The van der Waals surface area contributed by atoms with Crippen molar-refractivity contribution < 1.29 is 19.0 Å². The number of hydrogen-bond acceptors (Lipinski definition) is 3. The number of aromatic nitrogens is 1. The van der Waals surface area contributed by atoms with Gasteiger partial charge in [-0.25, -0.2) is 9.18 Å². The maximum absolute atomic E-state index is 13.6. The van der Waals surface area contributed by atoms with Crippen LogP contribution < -0.4 is 4.74 Å². The highest BCUT2D eigenvalue weighted by Crippen LogP contribution is 2.30. The second-order valence-electron chi connectivity index (χ2n) is 4.77. The molecular weight excluding hydrogens is 261 g/mol. The number of carboxylic acid groups (broad SMARTS) is 1. The van der Waals surface area contributed by atoms with Crippen LogP contribution in [0.1, 0.15) is 29.8 Å². The van der Waals surface area contributed by atoms with Gasteiger partial charge in [0, 0.05) is 18.0 Å². The zero-order chi connectivity index (χ0) is 14.8. The van der Waals surface area contributed by atoms with Gasteiger partial charge in [-0.3, -0.25) is 4.98 Å². The Morgan fingerprint density at radius 1 is 1.30 bits per heavy atom. The first-order valence-corrected chi connectivity index (χ1v) is 6.03. The monoisotopic (exact) mass is 275 g/mol. The predicted octanol–water partition coefficient (Wildman–Crippen LogP) is 3.23. The Hall–Kier alpha value is -2.43. The number of aromatic carboxylic acids is 1. The number of ether oxygens (including phenoxy) is 1. The molecule has 0 saturated carbocycles. The maximum atomic E-state index is 13.6. The van der Waals surface area contributed by atoms with Gasteiger partial charge in [0.15, 0.2) is 0 Å². The fourth-order valence-corrected chi connectivity index (χ4v) is 1.85. The third-order valence-electron chi connectivity index (χ3n) is 2.91. The molecular formula is C15H14FNO3. The molecule has 5 heteroatoms. The van der Waals surface area contributed by atoms with Gasteiger partial charge in [-0.05, 0) is 32.0 Å². The van der Waals surface area contributed by atoms with Crippen molar-refractivity contribution in [1.82, 2.24) is 4.98 Å². The first-order chi connectivity index (χ1) is 9.42. The van der Waals surface area contributed by atoms with Crippen molar-refractivity contribution in [2.45, 2.75) is 19.4 Å². The van der Waals surface area contributed by atoms with Crippen LogP contribution in [0.25, 0.3) is 0 Å². The molecule has 104 valence electrons. The minimum Gasteiger partial charge on any atom is -0.482 e. The summed E-state index contributed by atoms with van der Waals surface area (Å²) in [6.07, 6.45) is 3.25. The van der Waals surface area contributed by atoms with Crippen molar-refractivity contribution in [3.05, 3.63) is 59.7 Å². The van der Waals surface area contributed by atoms with Crippen LogP contribution in [-0.2, 0) is 5.60 Å². The van der Waals surface area contributed by atoms with Crippen molar-refractivity contribution >= 4 is 5.97 Å². The van der Waals surface area contributed by atoms with Crippen molar-refractivity contribution in [3.63, 3.8) is 0 Å². The van der Waals surface area contributed by atoms with Gasteiger partial charge in [0.1, 0.15) is 22.7 Å². The lowest BCUT2D eigenvalue weighted by Crippen LogP contribution is -2.26. The topological polar surface area (TPSA) is 59.4 Å². The van der Waals surface area contributed by atoms with Gasteiger partial charge in [0.05, 0.1) is 0 Å². The number of rotatable bonds is 4. The fraction of sp³-hybridized carbons (Fsp3) is 0.200. The highest BCUT2D eigenvalue weighted by Gasteiger charge is 2.26. The predicted molar refractivity (Wildman–Crippen MR) is 71.3 cm³/mol. The summed E-state index contributed by atoms with van der Waals surface area (Å²) >= 11 is 0. The van der Waals surface area contributed by atoms with E-state index in [1.807, 2.05) is 6.07 Å². The van der Waals surface area contributed by atoms with Gasteiger partial charge < -0.3 is 9.84 Å². The van der Waals surface area contributed by atoms with Gasteiger partial charge in [0.25, 0.3) is 0 Å². The molecule has 1 aromatic heterocycles. The van der Waals surface area contributed by atoms with E-state index in [1.165, 1.54) is 12.1 Å². The molecule has 4 nitrogen and oxygen atoms in total. The molecule has 0 fully saturated rings. The average molecular weight is 275 g/mol. The first kappa shape index (κ1) is 14.0. The number of hydrogen-bond donors (Lipinski definition) is 1. The fourth-order valence-electron chi connectivity index (χ4n) is 1.85. The van der Waals surface area contributed by atoms with E-state index in [2.05, 4.69) is 4.98 Å². The molecule has 2 rings (SSSR count). The Balaban J connectivity index is 2.40. The number of halogens is 1. The van der Waals surface area contributed by atoms with Crippen LogP contribution >= 0.6 is 0 Å². The molecule has 0 aliphatic rings. The Kier molecular flexibility index (Phi) is 3.70.